The van der Waals surface area contributed by atoms with Crippen LogP contribution in [0, 0.1) is 0 Å². The number of carbonyl (C=O) groups excluding carboxylic acids is 3. The molecule has 1 saturated heterocycles. The Kier molecular flexibility index (Phi) is 10.2. The number of aliphatic hydroxyl groups excluding tert-OH is 1. The van der Waals surface area contributed by atoms with Crippen LogP contribution in [0.4, 0.5) is 0 Å². The lowest BCUT2D eigenvalue weighted by Gasteiger charge is -2.27. The smallest absolute Gasteiger partial charge is 0.332 e. The molecule has 3 N–H and O–H groups in total. The third kappa shape index (κ3) is 8.04. The van der Waals surface area contributed by atoms with Crippen LogP contribution >= 0.6 is 0 Å². The highest BCUT2D eigenvalue weighted by Crippen LogP contribution is 2.21. The molecule has 2 aromatic carbocycles. The Balaban J connectivity index is 1.66. The van der Waals surface area contributed by atoms with E-state index in [1.54, 1.807) is 36.4 Å². The molecule has 194 valence electrons. The third-order valence-corrected chi connectivity index (χ3v) is 5.79. The summed E-state index contributed by atoms with van der Waals surface area (Å²) >= 11 is 0. The third-order valence-electron chi connectivity index (χ3n) is 5.79. The molecule has 0 saturated carbocycles. The standard InChI is InChI=1S/C26H33N3O7/c1-18(27-22(30)16-29-12-14-35-15-13-29)25(32)28-23(24(31)20-8-10-21(34-2)11-9-20)26(33)36-17-19-6-4-3-5-7-19/h3-11,18,23-24,31H,12-17H2,1-2H3,(H,27,30)(H,28,32). The zero-order valence-electron chi connectivity index (χ0n) is 20.5. The second-order valence-corrected chi connectivity index (χ2v) is 8.48. The molecule has 0 spiro atoms. The first-order chi connectivity index (χ1) is 17.4. The minimum Gasteiger partial charge on any atom is -0.497 e. The SMILES string of the molecule is COc1ccc(C(O)C(NC(=O)C(C)NC(=O)CN2CCOCC2)C(=O)OCc2ccccc2)cc1. The highest BCUT2D eigenvalue weighted by molar-refractivity contribution is 5.91. The molecule has 3 unspecified atom stereocenters. The van der Waals surface area contributed by atoms with Crippen LogP contribution in [0.3, 0.4) is 0 Å². The maximum absolute atomic E-state index is 13.0. The van der Waals surface area contributed by atoms with Gasteiger partial charge < -0.3 is 30.0 Å². The molecule has 1 heterocycles. The van der Waals surface area contributed by atoms with Crippen molar-refractivity contribution in [3.05, 3.63) is 65.7 Å². The molecular formula is C26H33N3O7. The van der Waals surface area contributed by atoms with E-state index in [1.165, 1.54) is 14.0 Å². The van der Waals surface area contributed by atoms with Crippen LogP contribution in [0.25, 0.3) is 0 Å². The van der Waals surface area contributed by atoms with E-state index in [2.05, 4.69) is 10.6 Å². The van der Waals surface area contributed by atoms with Crippen molar-refractivity contribution in [2.75, 3.05) is 40.0 Å². The molecule has 1 aliphatic rings. The topological polar surface area (TPSA) is 126 Å². The van der Waals surface area contributed by atoms with Crippen molar-refractivity contribution >= 4 is 17.8 Å². The molecular weight excluding hydrogens is 466 g/mol. The largest absolute Gasteiger partial charge is 0.497 e. The second kappa shape index (κ2) is 13.6. The average Bonchev–Trinajstić information content (AvgIpc) is 2.91. The van der Waals surface area contributed by atoms with E-state index >= 15 is 0 Å². The molecule has 10 nitrogen and oxygen atoms in total. The molecule has 2 amide bonds. The van der Waals surface area contributed by atoms with E-state index in [4.69, 9.17) is 14.2 Å². The van der Waals surface area contributed by atoms with Crippen molar-refractivity contribution in [3.63, 3.8) is 0 Å². The fourth-order valence-electron chi connectivity index (χ4n) is 3.67. The number of ether oxygens (including phenoxy) is 3. The van der Waals surface area contributed by atoms with Crippen LogP contribution in [0.2, 0.25) is 0 Å². The molecule has 1 aliphatic heterocycles. The van der Waals surface area contributed by atoms with Crippen LogP contribution < -0.4 is 15.4 Å². The molecule has 0 aromatic heterocycles. The summed E-state index contributed by atoms with van der Waals surface area (Å²) in [4.78, 5) is 40.2. The van der Waals surface area contributed by atoms with Crippen molar-refractivity contribution in [2.24, 2.45) is 0 Å². The van der Waals surface area contributed by atoms with Crippen molar-refractivity contribution in [3.8, 4) is 5.75 Å². The van der Waals surface area contributed by atoms with Gasteiger partial charge in [-0.1, -0.05) is 42.5 Å². The first kappa shape index (κ1) is 27.1. The van der Waals surface area contributed by atoms with Gasteiger partial charge in [-0.05, 0) is 30.2 Å². The Hall–Kier alpha value is -3.47. The molecule has 10 heteroatoms. The summed E-state index contributed by atoms with van der Waals surface area (Å²) in [6, 6.07) is 13.2. The molecule has 0 aliphatic carbocycles. The lowest BCUT2D eigenvalue weighted by atomic mass is 10.0. The number of rotatable bonds is 11. The normalized spacial score (nSPS) is 16.3. The van der Waals surface area contributed by atoms with Crippen molar-refractivity contribution < 1.29 is 33.7 Å². The molecule has 36 heavy (non-hydrogen) atoms. The maximum Gasteiger partial charge on any atom is 0.332 e. The molecule has 1 fully saturated rings. The average molecular weight is 500 g/mol. The second-order valence-electron chi connectivity index (χ2n) is 8.48. The summed E-state index contributed by atoms with van der Waals surface area (Å²) < 4.78 is 15.8. The highest BCUT2D eigenvalue weighted by Gasteiger charge is 2.33. The minimum absolute atomic E-state index is 0.0206. The number of aliphatic hydroxyl groups is 1. The number of hydrogen-bond donors (Lipinski definition) is 3. The number of morpholine rings is 1. The first-order valence-corrected chi connectivity index (χ1v) is 11.8. The van der Waals surface area contributed by atoms with E-state index in [-0.39, 0.29) is 19.1 Å². The van der Waals surface area contributed by atoms with Crippen LogP contribution in [-0.2, 0) is 30.5 Å². The van der Waals surface area contributed by atoms with E-state index < -0.39 is 30.1 Å². The Bertz CT molecular complexity index is 994. The van der Waals surface area contributed by atoms with Gasteiger partial charge in [-0.3, -0.25) is 14.5 Å². The maximum atomic E-state index is 13.0. The van der Waals surface area contributed by atoms with Crippen LogP contribution in [-0.4, -0.2) is 79.8 Å². The van der Waals surface area contributed by atoms with Gasteiger partial charge in [0.25, 0.3) is 0 Å². The number of nitrogens with zero attached hydrogens (tertiary/aromatic N) is 1. The van der Waals surface area contributed by atoms with Crippen LogP contribution in [0.1, 0.15) is 24.2 Å². The number of esters is 1. The lowest BCUT2D eigenvalue weighted by molar-refractivity contribution is -0.153. The van der Waals surface area contributed by atoms with Crippen LogP contribution in [0.5, 0.6) is 5.75 Å². The molecule has 3 rings (SSSR count). The van der Waals surface area contributed by atoms with Crippen molar-refractivity contribution in [1.29, 1.82) is 0 Å². The fraction of sp³-hybridized carbons (Fsp3) is 0.423. The number of nitrogens with one attached hydrogen (secondary N) is 2. The number of benzene rings is 2. The molecule has 3 atom stereocenters. The Labute approximate surface area is 210 Å². The zero-order valence-corrected chi connectivity index (χ0v) is 20.5. The number of methoxy groups -OCH3 is 1. The van der Waals surface area contributed by atoms with E-state index in [0.29, 0.717) is 37.6 Å². The monoisotopic (exact) mass is 499 g/mol. The number of amides is 2. The molecule has 0 radical (unpaired) electrons. The predicted octanol–water partition coefficient (Wildman–Crippen LogP) is 0.794. The summed E-state index contributed by atoms with van der Waals surface area (Å²) in [5.41, 5.74) is 1.15. The van der Waals surface area contributed by atoms with Crippen LogP contribution in [0.15, 0.2) is 54.6 Å². The summed E-state index contributed by atoms with van der Waals surface area (Å²) in [7, 11) is 1.52. The Morgan fingerprint density at radius 1 is 1.03 bits per heavy atom. The van der Waals surface area contributed by atoms with E-state index in [0.717, 1.165) is 5.56 Å². The summed E-state index contributed by atoms with van der Waals surface area (Å²) in [5.74, 6) is -1.17. The molecule has 2 aromatic rings. The minimum atomic E-state index is -1.40. The van der Waals surface area contributed by atoms with E-state index in [9.17, 15) is 19.5 Å². The molecule has 0 bridgehead atoms. The Morgan fingerprint density at radius 3 is 2.33 bits per heavy atom. The van der Waals surface area contributed by atoms with Gasteiger partial charge in [0.2, 0.25) is 11.8 Å². The van der Waals surface area contributed by atoms with Gasteiger partial charge in [0, 0.05) is 13.1 Å². The Morgan fingerprint density at radius 2 is 1.69 bits per heavy atom. The van der Waals surface area contributed by atoms with Crippen molar-refractivity contribution in [2.45, 2.75) is 31.7 Å². The predicted molar refractivity (Wildman–Crippen MR) is 131 cm³/mol. The van der Waals surface area contributed by atoms with Gasteiger partial charge >= 0.3 is 5.97 Å². The van der Waals surface area contributed by atoms with Gasteiger partial charge in [0.15, 0.2) is 6.04 Å². The first-order valence-electron chi connectivity index (χ1n) is 11.8. The van der Waals surface area contributed by atoms with Gasteiger partial charge in [0.1, 0.15) is 24.5 Å². The lowest BCUT2D eigenvalue weighted by Crippen LogP contribution is -2.54. The fourth-order valence-corrected chi connectivity index (χ4v) is 3.67. The zero-order chi connectivity index (χ0) is 25.9. The number of carbonyl (C=O) groups is 3. The quantitative estimate of drug-likeness (QED) is 0.388. The summed E-state index contributed by atoms with van der Waals surface area (Å²) in [6.07, 6.45) is -1.39. The van der Waals surface area contributed by atoms with E-state index in [1.807, 2.05) is 23.1 Å². The highest BCUT2D eigenvalue weighted by atomic mass is 16.5. The van der Waals surface area contributed by atoms with Gasteiger partial charge in [-0.25, -0.2) is 4.79 Å². The van der Waals surface area contributed by atoms with Gasteiger partial charge in [-0.2, -0.15) is 0 Å². The van der Waals surface area contributed by atoms with Gasteiger partial charge in [-0.15, -0.1) is 0 Å². The summed E-state index contributed by atoms with van der Waals surface area (Å²) in [5, 5.41) is 16.2. The van der Waals surface area contributed by atoms with Gasteiger partial charge in [0.05, 0.1) is 26.9 Å². The van der Waals surface area contributed by atoms with Crippen molar-refractivity contribution in [1.82, 2.24) is 15.5 Å². The number of hydrogen-bond acceptors (Lipinski definition) is 8. The summed E-state index contributed by atoms with van der Waals surface area (Å²) in [6.45, 7) is 4.01.